The molecule has 4 heteroatoms. The first-order valence-corrected chi connectivity index (χ1v) is 6.07. The van der Waals surface area contributed by atoms with Gasteiger partial charge in [-0.05, 0) is 29.3 Å². The number of nitrogens with zero attached hydrogens (tertiary/aromatic N) is 1. The molecule has 20 heavy (non-hydrogen) atoms. The summed E-state index contributed by atoms with van der Waals surface area (Å²) < 4.78 is 17.9. The standard InChI is InChI=1S/C16H12FNO2/c17-14-7-5-12(6-8-14)11-20-16(19)15-4-2-1-3-13(15)9-10-18/h1-8H,9,11H2. The quantitative estimate of drug-likeness (QED) is 0.800. The van der Waals surface area contributed by atoms with E-state index in [9.17, 15) is 9.18 Å². The monoisotopic (exact) mass is 269 g/mol. The highest BCUT2D eigenvalue weighted by Crippen LogP contribution is 2.12. The highest BCUT2D eigenvalue weighted by atomic mass is 19.1. The maximum atomic E-state index is 12.7. The Kier molecular flexibility index (Phi) is 4.46. The Balaban J connectivity index is 2.05. The van der Waals surface area contributed by atoms with Crippen molar-refractivity contribution in [2.45, 2.75) is 13.0 Å². The molecular weight excluding hydrogens is 257 g/mol. The number of rotatable bonds is 4. The van der Waals surface area contributed by atoms with E-state index in [0.29, 0.717) is 16.7 Å². The van der Waals surface area contributed by atoms with Crippen LogP contribution in [0.25, 0.3) is 0 Å². The maximum Gasteiger partial charge on any atom is 0.338 e. The number of halogens is 1. The van der Waals surface area contributed by atoms with Gasteiger partial charge in [0.2, 0.25) is 0 Å². The third-order valence-electron chi connectivity index (χ3n) is 2.79. The molecule has 0 radical (unpaired) electrons. The first kappa shape index (κ1) is 13.8. The van der Waals surface area contributed by atoms with Gasteiger partial charge < -0.3 is 4.74 Å². The summed E-state index contributed by atoms with van der Waals surface area (Å²) >= 11 is 0. The van der Waals surface area contributed by atoms with Crippen molar-refractivity contribution < 1.29 is 13.9 Å². The minimum Gasteiger partial charge on any atom is -0.457 e. The molecule has 0 spiro atoms. The third-order valence-corrected chi connectivity index (χ3v) is 2.79. The van der Waals surface area contributed by atoms with E-state index in [1.54, 1.807) is 36.4 Å². The third kappa shape index (κ3) is 3.42. The number of benzene rings is 2. The van der Waals surface area contributed by atoms with E-state index in [0.717, 1.165) is 0 Å². The molecule has 0 aromatic heterocycles. The van der Waals surface area contributed by atoms with E-state index in [2.05, 4.69) is 0 Å². The summed E-state index contributed by atoms with van der Waals surface area (Å²) in [7, 11) is 0. The molecule has 0 atom stereocenters. The fourth-order valence-corrected chi connectivity index (χ4v) is 1.77. The van der Waals surface area contributed by atoms with Gasteiger partial charge in [-0.1, -0.05) is 30.3 Å². The normalized spacial score (nSPS) is 9.80. The van der Waals surface area contributed by atoms with Crippen molar-refractivity contribution in [2.75, 3.05) is 0 Å². The Bertz CT molecular complexity index is 644. The number of ether oxygens (including phenoxy) is 1. The van der Waals surface area contributed by atoms with Gasteiger partial charge in [0.1, 0.15) is 12.4 Å². The molecule has 0 fully saturated rings. The summed E-state index contributed by atoms with van der Waals surface area (Å²) in [5.74, 6) is -0.820. The smallest absolute Gasteiger partial charge is 0.338 e. The summed E-state index contributed by atoms with van der Waals surface area (Å²) in [6.07, 6.45) is 0.155. The number of hydrogen-bond donors (Lipinski definition) is 0. The van der Waals surface area contributed by atoms with Crippen molar-refractivity contribution in [3.8, 4) is 6.07 Å². The average molecular weight is 269 g/mol. The molecule has 0 aliphatic carbocycles. The Hall–Kier alpha value is -2.67. The molecule has 0 saturated carbocycles. The van der Waals surface area contributed by atoms with Crippen LogP contribution < -0.4 is 0 Å². The van der Waals surface area contributed by atoms with Crippen LogP contribution in [-0.4, -0.2) is 5.97 Å². The lowest BCUT2D eigenvalue weighted by atomic mass is 10.1. The number of hydrogen-bond acceptors (Lipinski definition) is 3. The SMILES string of the molecule is N#CCc1ccccc1C(=O)OCc1ccc(F)cc1. The van der Waals surface area contributed by atoms with E-state index in [1.165, 1.54) is 12.1 Å². The van der Waals surface area contributed by atoms with Gasteiger partial charge in [-0.25, -0.2) is 9.18 Å². The molecule has 0 bridgehead atoms. The maximum absolute atomic E-state index is 12.7. The molecule has 0 unspecified atom stereocenters. The molecule has 0 heterocycles. The van der Waals surface area contributed by atoms with Crippen molar-refractivity contribution in [3.05, 3.63) is 71.0 Å². The van der Waals surface area contributed by atoms with E-state index in [4.69, 9.17) is 10.00 Å². The Morgan fingerprint density at radius 1 is 1.15 bits per heavy atom. The number of carbonyl (C=O) groups is 1. The zero-order chi connectivity index (χ0) is 14.4. The highest BCUT2D eigenvalue weighted by molar-refractivity contribution is 5.91. The van der Waals surface area contributed by atoms with Gasteiger partial charge in [-0.15, -0.1) is 0 Å². The second-order valence-electron chi connectivity index (χ2n) is 4.19. The summed E-state index contributed by atoms with van der Waals surface area (Å²) in [4.78, 5) is 12.0. The number of nitriles is 1. The molecule has 0 saturated heterocycles. The highest BCUT2D eigenvalue weighted by Gasteiger charge is 2.12. The van der Waals surface area contributed by atoms with Gasteiger partial charge in [-0.3, -0.25) is 0 Å². The van der Waals surface area contributed by atoms with E-state index in [1.807, 2.05) is 6.07 Å². The van der Waals surface area contributed by atoms with Gasteiger partial charge in [0, 0.05) is 0 Å². The summed E-state index contributed by atoms with van der Waals surface area (Å²) in [5.41, 5.74) is 1.73. The predicted molar refractivity (Wildman–Crippen MR) is 71.3 cm³/mol. The fourth-order valence-electron chi connectivity index (χ4n) is 1.77. The van der Waals surface area contributed by atoms with Crippen LogP contribution in [0.1, 0.15) is 21.5 Å². The molecule has 0 aliphatic heterocycles. The first-order chi connectivity index (χ1) is 9.70. The zero-order valence-electron chi connectivity index (χ0n) is 10.7. The largest absolute Gasteiger partial charge is 0.457 e. The molecule has 0 amide bonds. The lowest BCUT2D eigenvalue weighted by Gasteiger charge is -2.07. The minimum atomic E-state index is -0.486. The zero-order valence-corrected chi connectivity index (χ0v) is 10.7. The average Bonchev–Trinajstić information content (AvgIpc) is 2.47. The molecule has 0 N–H and O–H groups in total. The van der Waals surface area contributed by atoms with E-state index in [-0.39, 0.29) is 18.8 Å². The fraction of sp³-hybridized carbons (Fsp3) is 0.125. The molecule has 2 aromatic carbocycles. The molecule has 0 aliphatic rings. The molecule has 100 valence electrons. The van der Waals surface area contributed by atoms with Gasteiger partial charge in [-0.2, -0.15) is 5.26 Å². The van der Waals surface area contributed by atoms with Gasteiger partial charge in [0.05, 0.1) is 18.1 Å². The van der Waals surface area contributed by atoms with Crippen molar-refractivity contribution in [3.63, 3.8) is 0 Å². The minimum absolute atomic E-state index is 0.0694. The van der Waals surface area contributed by atoms with Crippen molar-refractivity contribution >= 4 is 5.97 Å². The van der Waals surface area contributed by atoms with Gasteiger partial charge in [0.25, 0.3) is 0 Å². The van der Waals surface area contributed by atoms with Crippen molar-refractivity contribution in [1.29, 1.82) is 5.26 Å². The predicted octanol–water partition coefficient (Wildman–Crippen LogP) is 3.25. The van der Waals surface area contributed by atoms with Crippen LogP contribution in [0.5, 0.6) is 0 Å². The molecule has 2 rings (SSSR count). The van der Waals surface area contributed by atoms with E-state index < -0.39 is 5.97 Å². The second-order valence-corrected chi connectivity index (χ2v) is 4.19. The van der Waals surface area contributed by atoms with Crippen molar-refractivity contribution in [2.24, 2.45) is 0 Å². The van der Waals surface area contributed by atoms with Crippen LogP contribution in [-0.2, 0) is 17.8 Å². The van der Waals surface area contributed by atoms with Crippen LogP contribution in [0, 0.1) is 17.1 Å². The van der Waals surface area contributed by atoms with Crippen LogP contribution >= 0.6 is 0 Å². The molecular formula is C16H12FNO2. The molecule has 3 nitrogen and oxygen atoms in total. The summed E-state index contributed by atoms with van der Waals surface area (Å²) in [6, 6.07) is 14.6. The molecule has 2 aromatic rings. The Morgan fingerprint density at radius 2 is 1.85 bits per heavy atom. The summed E-state index contributed by atoms with van der Waals surface area (Å²) in [5, 5.41) is 8.72. The Morgan fingerprint density at radius 3 is 2.55 bits per heavy atom. The number of carbonyl (C=O) groups excluding carboxylic acids is 1. The van der Waals surface area contributed by atoms with Crippen molar-refractivity contribution in [1.82, 2.24) is 0 Å². The second kappa shape index (κ2) is 6.48. The van der Waals surface area contributed by atoms with Crippen LogP contribution in [0.15, 0.2) is 48.5 Å². The summed E-state index contributed by atoms with van der Waals surface area (Å²) in [6.45, 7) is 0.0694. The lowest BCUT2D eigenvalue weighted by Crippen LogP contribution is -2.08. The topological polar surface area (TPSA) is 50.1 Å². The van der Waals surface area contributed by atoms with Crippen LogP contribution in [0.4, 0.5) is 4.39 Å². The van der Waals surface area contributed by atoms with Gasteiger partial charge >= 0.3 is 5.97 Å². The van der Waals surface area contributed by atoms with Crippen LogP contribution in [0.3, 0.4) is 0 Å². The Labute approximate surface area is 116 Å². The van der Waals surface area contributed by atoms with Gasteiger partial charge in [0.15, 0.2) is 0 Å². The van der Waals surface area contributed by atoms with Crippen LogP contribution in [0.2, 0.25) is 0 Å². The van der Waals surface area contributed by atoms with E-state index >= 15 is 0 Å². The first-order valence-electron chi connectivity index (χ1n) is 6.07. The lowest BCUT2D eigenvalue weighted by molar-refractivity contribution is 0.0471. The number of esters is 1.